The molecule has 1 rings (SSSR count). The number of para-hydroxylation sites is 1. The summed E-state index contributed by atoms with van der Waals surface area (Å²) in [7, 11) is 0. The van der Waals surface area contributed by atoms with Gasteiger partial charge < -0.3 is 0 Å². The molecular weight excluding hydrogens is 179 g/mol. The molecule has 5 nitrogen and oxygen atoms in total. The number of halogens is 1. The predicted octanol–water partition coefficient (Wildman–Crippen LogP) is 1.70. The Hall–Kier alpha value is -2.07. The second kappa shape index (κ2) is 3.55. The van der Waals surface area contributed by atoms with Crippen molar-refractivity contribution in [2.24, 2.45) is 4.99 Å². The van der Waals surface area contributed by atoms with Gasteiger partial charge in [-0.05, 0) is 6.07 Å². The van der Waals surface area contributed by atoms with Gasteiger partial charge in [-0.1, -0.05) is 6.07 Å². The van der Waals surface area contributed by atoms with Gasteiger partial charge in [0.1, 0.15) is 0 Å². The molecule has 0 bridgehead atoms. The molecular formula is C7H3FN2O3. The lowest BCUT2D eigenvalue weighted by Crippen LogP contribution is -1.89. The average Bonchev–Trinajstić information content (AvgIpc) is 2.08. The van der Waals surface area contributed by atoms with Crippen LogP contribution in [0, 0.1) is 15.9 Å². The molecule has 0 aliphatic carbocycles. The van der Waals surface area contributed by atoms with Gasteiger partial charge in [-0.3, -0.25) is 10.1 Å². The highest BCUT2D eigenvalue weighted by molar-refractivity contribution is 5.62. The van der Waals surface area contributed by atoms with Crippen LogP contribution < -0.4 is 0 Å². The number of nitro groups is 1. The van der Waals surface area contributed by atoms with Crippen LogP contribution in [0.5, 0.6) is 0 Å². The van der Waals surface area contributed by atoms with Crippen LogP contribution in [0.1, 0.15) is 0 Å². The van der Waals surface area contributed by atoms with Crippen molar-refractivity contribution >= 4 is 17.5 Å². The van der Waals surface area contributed by atoms with Gasteiger partial charge in [-0.15, -0.1) is 0 Å². The molecule has 66 valence electrons. The Morgan fingerprint density at radius 3 is 2.77 bits per heavy atom. The molecule has 0 N–H and O–H groups in total. The molecule has 0 saturated carbocycles. The molecule has 1 aromatic carbocycles. The monoisotopic (exact) mass is 182 g/mol. The van der Waals surface area contributed by atoms with E-state index in [1.54, 1.807) is 0 Å². The predicted molar refractivity (Wildman–Crippen MR) is 40.8 cm³/mol. The fourth-order valence-corrected chi connectivity index (χ4v) is 0.808. The van der Waals surface area contributed by atoms with E-state index >= 15 is 0 Å². The van der Waals surface area contributed by atoms with Gasteiger partial charge >= 0.3 is 0 Å². The highest BCUT2D eigenvalue weighted by Gasteiger charge is 2.16. The maximum atomic E-state index is 12.8. The minimum atomic E-state index is -0.919. The standard InChI is InChI=1S/C7H3FN2O3/c8-5-2-1-3-6(10(12)13)7(5)9-4-11/h1-3H. The minimum absolute atomic E-state index is 0.552. The Kier molecular flexibility index (Phi) is 2.47. The number of aliphatic imine (C=N–C) groups is 1. The van der Waals surface area contributed by atoms with Gasteiger partial charge in [0.2, 0.25) is 6.08 Å². The van der Waals surface area contributed by atoms with Crippen LogP contribution in [0.2, 0.25) is 0 Å². The summed E-state index contributed by atoms with van der Waals surface area (Å²) in [5.74, 6) is -0.919. The lowest BCUT2D eigenvalue weighted by Gasteiger charge is -1.95. The molecule has 0 heterocycles. The Morgan fingerprint density at radius 2 is 2.23 bits per heavy atom. The van der Waals surface area contributed by atoms with Crippen molar-refractivity contribution in [3.8, 4) is 0 Å². The second-order valence-corrected chi connectivity index (χ2v) is 2.07. The number of carbonyl (C=O) groups excluding carboxylic acids is 1. The third kappa shape index (κ3) is 1.74. The molecule has 0 aliphatic rings. The molecule has 0 aliphatic heterocycles. The number of rotatable bonds is 2. The fourth-order valence-electron chi connectivity index (χ4n) is 0.808. The number of benzene rings is 1. The Labute approximate surface area is 71.7 Å². The summed E-state index contributed by atoms with van der Waals surface area (Å²) in [5.41, 5.74) is -1.15. The third-order valence-corrected chi connectivity index (χ3v) is 1.32. The highest BCUT2D eigenvalue weighted by Crippen LogP contribution is 2.29. The van der Waals surface area contributed by atoms with Crippen LogP contribution in [0.4, 0.5) is 15.8 Å². The molecule has 0 spiro atoms. The summed E-state index contributed by atoms with van der Waals surface area (Å²) in [6.07, 6.45) is 1.05. The molecule has 0 radical (unpaired) electrons. The van der Waals surface area contributed by atoms with Crippen LogP contribution in [-0.2, 0) is 4.79 Å². The Bertz CT molecular complexity index is 399. The van der Waals surface area contributed by atoms with E-state index in [0.29, 0.717) is 0 Å². The van der Waals surface area contributed by atoms with Crippen molar-refractivity contribution in [1.82, 2.24) is 0 Å². The summed E-state index contributed by atoms with van der Waals surface area (Å²) in [5, 5.41) is 10.3. The van der Waals surface area contributed by atoms with Crippen LogP contribution in [-0.4, -0.2) is 11.0 Å². The lowest BCUT2D eigenvalue weighted by atomic mass is 10.2. The zero-order valence-electron chi connectivity index (χ0n) is 6.23. The zero-order valence-corrected chi connectivity index (χ0v) is 6.23. The third-order valence-electron chi connectivity index (χ3n) is 1.32. The number of isocyanates is 1. The van der Waals surface area contributed by atoms with E-state index in [9.17, 15) is 19.3 Å². The van der Waals surface area contributed by atoms with E-state index in [4.69, 9.17) is 0 Å². The van der Waals surface area contributed by atoms with Crippen molar-refractivity contribution in [2.45, 2.75) is 0 Å². The van der Waals surface area contributed by atoms with Crippen LogP contribution >= 0.6 is 0 Å². The van der Waals surface area contributed by atoms with E-state index in [1.165, 1.54) is 0 Å². The van der Waals surface area contributed by atoms with Gasteiger partial charge in [-0.2, -0.15) is 4.99 Å². The molecule has 1 aromatic rings. The lowest BCUT2D eigenvalue weighted by molar-refractivity contribution is -0.384. The molecule has 0 aromatic heterocycles. The van der Waals surface area contributed by atoms with Crippen molar-refractivity contribution in [2.75, 3.05) is 0 Å². The van der Waals surface area contributed by atoms with Crippen molar-refractivity contribution in [3.63, 3.8) is 0 Å². The quantitative estimate of drug-likeness (QED) is 0.302. The zero-order chi connectivity index (χ0) is 9.84. The number of hydrogen-bond donors (Lipinski definition) is 0. The SMILES string of the molecule is O=C=Nc1c(F)cccc1[N+](=O)[O-]. The van der Waals surface area contributed by atoms with Gasteiger partial charge in [0.15, 0.2) is 11.5 Å². The first-order chi connectivity index (χ1) is 6.16. The van der Waals surface area contributed by atoms with Crippen LogP contribution in [0.3, 0.4) is 0 Å². The largest absolute Gasteiger partial charge is 0.298 e. The first kappa shape index (κ1) is 9.02. The fraction of sp³-hybridized carbons (Fsp3) is 0. The van der Waals surface area contributed by atoms with Gasteiger partial charge in [0, 0.05) is 6.07 Å². The van der Waals surface area contributed by atoms with E-state index in [1.807, 2.05) is 0 Å². The number of nitro benzene ring substituents is 1. The van der Waals surface area contributed by atoms with Crippen molar-refractivity contribution < 1.29 is 14.1 Å². The van der Waals surface area contributed by atoms with E-state index in [0.717, 1.165) is 24.3 Å². The van der Waals surface area contributed by atoms with Crippen LogP contribution in [0.15, 0.2) is 23.2 Å². The van der Waals surface area contributed by atoms with Crippen molar-refractivity contribution in [1.29, 1.82) is 0 Å². The summed E-state index contributed by atoms with van der Waals surface area (Å²) < 4.78 is 12.8. The molecule has 6 heteroatoms. The summed E-state index contributed by atoms with van der Waals surface area (Å²) in [4.78, 5) is 22.2. The minimum Gasteiger partial charge on any atom is -0.258 e. The van der Waals surface area contributed by atoms with Gasteiger partial charge in [0.25, 0.3) is 5.69 Å². The number of hydrogen-bond acceptors (Lipinski definition) is 4. The second-order valence-electron chi connectivity index (χ2n) is 2.07. The van der Waals surface area contributed by atoms with E-state index < -0.39 is 22.1 Å². The topological polar surface area (TPSA) is 72.6 Å². The average molecular weight is 182 g/mol. The molecule has 0 saturated heterocycles. The van der Waals surface area contributed by atoms with Gasteiger partial charge in [0.05, 0.1) is 4.92 Å². The summed E-state index contributed by atoms with van der Waals surface area (Å²) in [6.45, 7) is 0. The molecule has 0 unspecified atom stereocenters. The molecule has 0 atom stereocenters. The number of nitrogens with zero attached hydrogens (tertiary/aromatic N) is 2. The van der Waals surface area contributed by atoms with Crippen molar-refractivity contribution in [3.05, 3.63) is 34.1 Å². The highest BCUT2D eigenvalue weighted by atomic mass is 19.1. The maximum absolute atomic E-state index is 12.8. The first-order valence-corrected chi connectivity index (χ1v) is 3.17. The molecule has 0 amide bonds. The van der Waals surface area contributed by atoms with Gasteiger partial charge in [-0.25, -0.2) is 9.18 Å². The summed E-state index contributed by atoms with van der Waals surface area (Å²) >= 11 is 0. The molecule has 0 fully saturated rings. The Morgan fingerprint density at radius 1 is 1.54 bits per heavy atom. The normalized spacial score (nSPS) is 9.00. The smallest absolute Gasteiger partial charge is 0.258 e. The van der Waals surface area contributed by atoms with E-state index in [2.05, 4.69) is 4.99 Å². The maximum Gasteiger partial charge on any atom is 0.298 e. The summed E-state index contributed by atoms with van der Waals surface area (Å²) in [6, 6.07) is 3.19. The van der Waals surface area contributed by atoms with E-state index in [-0.39, 0.29) is 0 Å². The van der Waals surface area contributed by atoms with Crippen LogP contribution in [0.25, 0.3) is 0 Å². The first-order valence-electron chi connectivity index (χ1n) is 3.17. The molecule has 13 heavy (non-hydrogen) atoms. The Balaban J connectivity index is 3.42.